The van der Waals surface area contributed by atoms with Gasteiger partial charge in [-0.25, -0.2) is 10.1 Å². The van der Waals surface area contributed by atoms with Gasteiger partial charge in [-0.05, 0) is 48.8 Å². The molecule has 0 aliphatic heterocycles. The lowest BCUT2D eigenvalue weighted by atomic mass is 9.83. The number of rotatable bonds is 5. The average molecular weight is 451 g/mol. The second kappa shape index (κ2) is 9.83. The normalized spacial score (nSPS) is 15.8. The van der Waals surface area contributed by atoms with Crippen molar-refractivity contribution in [2.75, 3.05) is 0 Å². The minimum absolute atomic E-state index is 0.202. The van der Waals surface area contributed by atoms with Crippen LogP contribution >= 0.6 is 0 Å². The molecule has 1 aromatic heterocycles. The van der Waals surface area contributed by atoms with Crippen LogP contribution in [-0.4, -0.2) is 21.4 Å². The predicted molar refractivity (Wildman–Crippen MR) is 134 cm³/mol. The van der Waals surface area contributed by atoms with Crippen molar-refractivity contribution in [1.82, 2.24) is 15.2 Å². The Morgan fingerprint density at radius 3 is 2.21 bits per heavy atom. The highest BCUT2D eigenvalue weighted by Gasteiger charge is 2.20. The van der Waals surface area contributed by atoms with Crippen LogP contribution in [0.4, 0.5) is 0 Å². The van der Waals surface area contributed by atoms with Crippen LogP contribution in [0.25, 0.3) is 10.8 Å². The van der Waals surface area contributed by atoms with Crippen molar-refractivity contribution in [3.8, 4) is 0 Å². The SMILES string of the molecule is O=C(NN=C1CCC(c2ccccc2)CC1)c1nn(Cc2ccccc2)c(=O)c2ccccc12. The summed E-state index contributed by atoms with van der Waals surface area (Å²) in [4.78, 5) is 26.1. The number of amides is 1. The first-order valence-corrected chi connectivity index (χ1v) is 11.6. The lowest BCUT2D eigenvalue weighted by molar-refractivity contribution is 0.0949. The van der Waals surface area contributed by atoms with Gasteiger partial charge >= 0.3 is 0 Å². The molecule has 6 nitrogen and oxygen atoms in total. The van der Waals surface area contributed by atoms with Crippen molar-refractivity contribution in [3.05, 3.63) is 112 Å². The largest absolute Gasteiger partial charge is 0.292 e. The minimum atomic E-state index is -0.407. The van der Waals surface area contributed by atoms with E-state index in [4.69, 9.17) is 0 Å². The fraction of sp³-hybridized carbons (Fsp3) is 0.214. The summed E-state index contributed by atoms with van der Waals surface area (Å²) in [5.74, 6) is 0.124. The Bertz CT molecular complexity index is 1380. The van der Waals surface area contributed by atoms with Gasteiger partial charge in [0.2, 0.25) is 0 Å². The van der Waals surface area contributed by atoms with Crippen molar-refractivity contribution in [2.24, 2.45) is 5.10 Å². The fourth-order valence-corrected chi connectivity index (χ4v) is 4.57. The summed E-state index contributed by atoms with van der Waals surface area (Å²) >= 11 is 0. The Hall–Kier alpha value is -4.06. The Morgan fingerprint density at radius 2 is 1.50 bits per heavy atom. The average Bonchev–Trinajstić information content (AvgIpc) is 2.90. The zero-order valence-electron chi connectivity index (χ0n) is 18.9. The molecule has 3 aromatic carbocycles. The number of benzene rings is 3. The van der Waals surface area contributed by atoms with Crippen LogP contribution < -0.4 is 11.0 Å². The van der Waals surface area contributed by atoms with Crippen molar-refractivity contribution in [3.63, 3.8) is 0 Å². The standard InChI is InChI=1S/C28H26N4O2/c33-27(30-29-23-17-15-22(16-18-23)21-11-5-2-6-12-21)26-24-13-7-8-14-25(24)28(34)32(31-26)19-20-9-3-1-4-10-20/h1-14,22H,15-19H2,(H,30,33). The molecule has 1 aliphatic rings. The van der Waals surface area contributed by atoms with E-state index in [0.717, 1.165) is 37.0 Å². The molecule has 1 aliphatic carbocycles. The Balaban J connectivity index is 1.36. The quantitative estimate of drug-likeness (QED) is 0.440. The summed E-state index contributed by atoms with van der Waals surface area (Å²) in [5, 5.41) is 9.85. The lowest BCUT2D eigenvalue weighted by Gasteiger charge is -2.23. The van der Waals surface area contributed by atoms with Gasteiger partial charge in [0.15, 0.2) is 5.69 Å². The number of hydrogen-bond acceptors (Lipinski definition) is 4. The summed E-state index contributed by atoms with van der Waals surface area (Å²) in [6.07, 6.45) is 3.73. The number of hydrogen-bond donors (Lipinski definition) is 1. The van der Waals surface area contributed by atoms with Crippen LogP contribution in [0.3, 0.4) is 0 Å². The number of hydrazone groups is 1. The van der Waals surface area contributed by atoms with Gasteiger partial charge in [0.05, 0.1) is 11.9 Å². The molecule has 170 valence electrons. The molecule has 1 saturated carbocycles. The first-order valence-electron chi connectivity index (χ1n) is 11.6. The Labute approximate surface area is 197 Å². The van der Waals surface area contributed by atoms with Gasteiger partial charge in [0.1, 0.15) is 0 Å². The summed E-state index contributed by atoms with van der Waals surface area (Å²) < 4.78 is 1.35. The molecule has 4 aromatic rings. The van der Waals surface area contributed by atoms with Crippen LogP contribution in [0.2, 0.25) is 0 Å². The van der Waals surface area contributed by atoms with E-state index in [2.05, 4.69) is 39.9 Å². The first kappa shape index (κ1) is 21.8. The highest BCUT2D eigenvalue weighted by molar-refractivity contribution is 6.05. The predicted octanol–water partition coefficient (Wildman–Crippen LogP) is 4.89. The molecular weight excluding hydrogens is 424 g/mol. The molecule has 0 unspecified atom stereocenters. The van der Waals surface area contributed by atoms with Gasteiger partial charge in [-0.3, -0.25) is 9.59 Å². The molecule has 0 spiro atoms. The number of nitrogens with zero attached hydrogens (tertiary/aromatic N) is 3. The fourth-order valence-electron chi connectivity index (χ4n) is 4.57. The smallest absolute Gasteiger partial charge is 0.267 e. The topological polar surface area (TPSA) is 76.3 Å². The zero-order chi connectivity index (χ0) is 23.3. The maximum absolute atomic E-state index is 13.1. The summed E-state index contributed by atoms with van der Waals surface area (Å²) in [7, 11) is 0. The minimum Gasteiger partial charge on any atom is -0.267 e. The molecule has 6 heteroatoms. The molecule has 0 saturated heterocycles. The van der Waals surface area contributed by atoms with Gasteiger partial charge in [-0.2, -0.15) is 10.2 Å². The van der Waals surface area contributed by atoms with E-state index in [1.807, 2.05) is 36.4 Å². The van der Waals surface area contributed by atoms with Crippen molar-refractivity contribution >= 4 is 22.4 Å². The van der Waals surface area contributed by atoms with Crippen LogP contribution in [0.15, 0.2) is 94.8 Å². The molecule has 1 amide bonds. The first-order chi connectivity index (χ1) is 16.7. The van der Waals surface area contributed by atoms with E-state index >= 15 is 0 Å². The highest BCUT2D eigenvalue weighted by atomic mass is 16.2. The van der Waals surface area contributed by atoms with Crippen LogP contribution in [0.5, 0.6) is 0 Å². The van der Waals surface area contributed by atoms with Gasteiger partial charge < -0.3 is 0 Å². The highest BCUT2D eigenvalue weighted by Crippen LogP contribution is 2.31. The second-order valence-electron chi connectivity index (χ2n) is 8.65. The number of nitrogens with one attached hydrogen (secondary N) is 1. The third kappa shape index (κ3) is 4.66. The number of fused-ring (bicyclic) bond motifs is 1. The molecule has 34 heavy (non-hydrogen) atoms. The lowest BCUT2D eigenvalue weighted by Crippen LogP contribution is -2.30. The maximum atomic E-state index is 13.1. The molecule has 0 atom stereocenters. The van der Waals surface area contributed by atoms with Crippen LogP contribution in [0, 0.1) is 0 Å². The van der Waals surface area contributed by atoms with Crippen molar-refractivity contribution in [1.29, 1.82) is 0 Å². The summed E-state index contributed by atoms with van der Waals surface area (Å²) in [5.41, 5.74) is 5.97. The number of carbonyl (C=O) groups is 1. The number of aromatic nitrogens is 2. The van der Waals surface area contributed by atoms with Gasteiger partial charge in [-0.15, -0.1) is 0 Å². The Kier molecular flexibility index (Phi) is 6.29. The van der Waals surface area contributed by atoms with E-state index in [-0.39, 0.29) is 11.3 Å². The maximum Gasteiger partial charge on any atom is 0.292 e. The van der Waals surface area contributed by atoms with Crippen molar-refractivity contribution < 1.29 is 4.79 Å². The van der Waals surface area contributed by atoms with Gasteiger partial charge in [0, 0.05) is 11.1 Å². The zero-order valence-corrected chi connectivity index (χ0v) is 18.9. The van der Waals surface area contributed by atoms with E-state index in [9.17, 15) is 9.59 Å². The summed E-state index contributed by atoms with van der Waals surface area (Å²) in [6, 6.07) is 27.2. The molecule has 5 rings (SSSR count). The molecule has 1 heterocycles. The van der Waals surface area contributed by atoms with E-state index < -0.39 is 5.91 Å². The van der Waals surface area contributed by atoms with Crippen LogP contribution in [-0.2, 0) is 6.54 Å². The van der Waals surface area contributed by atoms with E-state index in [0.29, 0.717) is 23.2 Å². The third-order valence-corrected chi connectivity index (χ3v) is 6.41. The van der Waals surface area contributed by atoms with Crippen LogP contribution in [0.1, 0.15) is 53.2 Å². The van der Waals surface area contributed by atoms with E-state index in [1.54, 1.807) is 24.3 Å². The summed E-state index contributed by atoms with van der Waals surface area (Å²) in [6.45, 7) is 0.292. The Morgan fingerprint density at radius 1 is 0.882 bits per heavy atom. The van der Waals surface area contributed by atoms with E-state index in [1.165, 1.54) is 10.2 Å². The molecule has 0 radical (unpaired) electrons. The second-order valence-corrected chi connectivity index (χ2v) is 8.65. The molecule has 1 N–H and O–H groups in total. The molecule has 1 fully saturated rings. The molecule has 0 bridgehead atoms. The number of carbonyl (C=O) groups excluding carboxylic acids is 1. The monoisotopic (exact) mass is 450 g/mol. The van der Waals surface area contributed by atoms with Gasteiger partial charge in [-0.1, -0.05) is 78.9 Å². The van der Waals surface area contributed by atoms with Gasteiger partial charge in [0.25, 0.3) is 11.5 Å². The molecular formula is C28H26N4O2. The van der Waals surface area contributed by atoms with Crippen molar-refractivity contribution in [2.45, 2.75) is 38.1 Å². The third-order valence-electron chi connectivity index (χ3n) is 6.41.